The second-order valence-corrected chi connectivity index (χ2v) is 8.95. The number of fused-ring (bicyclic) bond motifs is 1. The highest BCUT2D eigenvalue weighted by Gasteiger charge is 2.21. The van der Waals surface area contributed by atoms with Crippen LogP contribution in [0.1, 0.15) is 18.9 Å². The van der Waals surface area contributed by atoms with Crippen molar-refractivity contribution < 1.29 is 14.3 Å². The van der Waals surface area contributed by atoms with Crippen LogP contribution < -0.4 is 14.8 Å². The van der Waals surface area contributed by atoms with Crippen LogP contribution in [0.2, 0.25) is 0 Å². The highest BCUT2D eigenvalue weighted by Crippen LogP contribution is 2.31. The molecular weight excluding hydrogens is 458 g/mol. The van der Waals surface area contributed by atoms with Gasteiger partial charge in [-0.25, -0.2) is 4.98 Å². The fraction of sp³-hybridized carbons (Fsp3) is 0.217. The molecule has 0 saturated carbocycles. The minimum absolute atomic E-state index is 0.160. The summed E-state index contributed by atoms with van der Waals surface area (Å²) in [5.74, 6) is 1.90. The summed E-state index contributed by atoms with van der Waals surface area (Å²) in [5.41, 5.74) is 0.866. The standard InChI is InChI=1S/C23H23N5O3S2/c1-4-13-28-21(15(2)31-18-11-7-6-10-17(18)30-3)26-27-23(28)32-14-20(29)25-22-24-16-9-5-8-12-19(16)33-22/h4-12,15H,1,13-14H2,2-3H3,(H,24,25,29). The number of nitrogens with one attached hydrogen (secondary N) is 1. The third-order valence-electron chi connectivity index (χ3n) is 4.67. The zero-order valence-electron chi connectivity index (χ0n) is 18.2. The molecule has 0 aliphatic carbocycles. The number of aromatic nitrogens is 4. The van der Waals surface area contributed by atoms with Crippen molar-refractivity contribution in [2.75, 3.05) is 18.2 Å². The SMILES string of the molecule is C=CCn1c(SCC(=O)Nc2nc3ccccc3s2)nnc1C(C)Oc1ccccc1OC. The van der Waals surface area contributed by atoms with Crippen LogP contribution in [-0.2, 0) is 11.3 Å². The molecule has 10 heteroatoms. The number of para-hydroxylation sites is 3. The molecular formula is C23H23N5O3S2. The van der Waals surface area contributed by atoms with Gasteiger partial charge in [0.25, 0.3) is 0 Å². The van der Waals surface area contributed by atoms with E-state index in [0.717, 1.165) is 10.2 Å². The lowest BCUT2D eigenvalue weighted by atomic mass is 10.3. The van der Waals surface area contributed by atoms with E-state index in [1.165, 1.54) is 23.1 Å². The molecule has 2 aromatic carbocycles. The predicted molar refractivity (Wildman–Crippen MR) is 131 cm³/mol. The number of hydrogen-bond acceptors (Lipinski definition) is 8. The van der Waals surface area contributed by atoms with Crippen molar-refractivity contribution in [3.8, 4) is 11.5 Å². The van der Waals surface area contributed by atoms with E-state index in [4.69, 9.17) is 9.47 Å². The Labute approximate surface area is 199 Å². The van der Waals surface area contributed by atoms with Gasteiger partial charge in [0.2, 0.25) is 5.91 Å². The predicted octanol–water partition coefficient (Wildman–Crippen LogP) is 4.95. The minimum atomic E-state index is -0.389. The lowest BCUT2D eigenvalue weighted by Gasteiger charge is -2.17. The van der Waals surface area contributed by atoms with Gasteiger partial charge in [-0.05, 0) is 31.2 Å². The van der Waals surface area contributed by atoms with Gasteiger partial charge in [0.15, 0.2) is 33.7 Å². The van der Waals surface area contributed by atoms with Crippen LogP contribution in [0.25, 0.3) is 10.2 Å². The van der Waals surface area contributed by atoms with E-state index in [-0.39, 0.29) is 17.8 Å². The molecule has 0 bridgehead atoms. The Hall–Kier alpha value is -3.37. The van der Waals surface area contributed by atoms with Gasteiger partial charge in [0.1, 0.15) is 0 Å². The van der Waals surface area contributed by atoms with E-state index in [2.05, 4.69) is 27.1 Å². The normalized spacial score (nSPS) is 11.8. The largest absolute Gasteiger partial charge is 0.493 e. The van der Waals surface area contributed by atoms with E-state index in [0.29, 0.717) is 34.2 Å². The number of amides is 1. The Kier molecular flexibility index (Phi) is 7.26. The number of nitrogens with zero attached hydrogens (tertiary/aromatic N) is 4. The first-order chi connectivity index (χ1) is 16.1. The van der Waals surface area contributed by atoms with Crippen molar-refractivity contribution in [3.05, 3.63) is 67.0 Å². The van der Waals surface area contributed by atoms with Crippen LogP contribution in [-0.4, -0.2) is 38.5 Å². The van der Waals surface area contributed by atoms with Crippen molar-refractivity contribution in [2.24, 2.45) is 0 Å². The molecule has 0 fully saturated rings. The second-order valence-electron chi connectivity index (χ2n) is 6.97. The topological polar surface area (TPSA) is 91.2 Å². The maximum atomic E-state index is 12.5. The Morgan fingerprint density at radius 2 is 1.97 bits per heavy atom. The maximum absolute atomic E-state index is 12.5. The highest BCUT2D eigenvalue weighted by atomic mass is 32.2. The Morgan fingerprint density at radius 3 is 2.73 bits per heavy atom. The molecule has 1 unspecified atom stereocenters. The van der Waals surface area contributed by atoms with Crippen LogP contribution in [0.5, 0.6) is 11.5 Å². The van der Waals surface area contributed by atoms with E-state index >= 15 is 0 Å². The number of anilines is 1. The number of carbonyl (C=O) groups excluding carboxylic acids is 1. The summed E-state index contributed by atoms with van der Waals surface area (Å²) in [7, 11) is 1.60. The van der Waals surface area contributed by atoms with Crippen molar-refractivity contribution >= 4 is 44.4 Å². The number of thiazole rings is 1. The molecule has 4 aromatic rings. The number of allylic oxidation sites excluding steroid dienone is 1. The van der Waals surface area contributed by atoms with Crippen LogP contribution in [0.3, 0.4) is 0 Å². The van der Waals surface area contributed by atoms with E-state index < -0.39 is 0 Å². The Morgan fingerprint density at radius 1 is 1.21 bits per heavy atom. The summed E-state index contributed by atoms with van der Waals surface area (Å²) in [6.07, 6.45) is 1.37. The zero-order chi connectivity index (χ0) is 23.2. The maximum Gasteiger partial charge on any atom is 0.236 e. The molecule has 1 N–H and O–H groups in total. The third kappa shape index (κ3) is 5.35. The molecule has 1 amide bonds. The van der Waals surface area contributed by atoms with E-state index in [1.807, 2.05) is 60.0 Å². The monoisotopic (exact) mass is 481 g/mol. The van der Waals surface area contributed by atoms with Crippen molar-refractivity contribution in [3.63, 3.8) is 0 Å². The lowest BCUT2D eigenvalue weighted by Crippen LogP contribution is -2.15. The van der Waals surface area contributed by atoms with Crippen molar-refractivity contribution in [2.45, 2.75) is 24.7 Å². The highest BCUT2D eigenvalue weighted by molar-refractivity contribution is 7.99. The molecule has 2 aromatic heterocycles. The fourth-order valence-electron chi connectivity index (χ4n) is 3.18. The van der Waals surface area contributed by atoms with E-state index in [9.17, 15) is 4.79 Å². The van der Waals surface area contributed by atoms with Crippen LogP contribution >= 0.6 is 23.1 Å². The van der Waals surface area contributed by atoms with Crippen LogP contribution in [0.4, 0.5) is 5.13 Å². The number of rotatable bonds is 10. The van der Waals surface area contributed by atoms with Gasteiger partial charge in [-0.3, -0.25) is 9.36 Å². The number of hydrogen-bond donors (Lipinski definition) is 1. The molecule has 0 spiro atoms. The summed E-state index contributed by atoms with van der Waals surface area (Å²) < 4.78 is 14.4. The Bertz CT molecular complexity index is 1240. The Balaban J connectivity index is 1.43. The van der Waals surface area contributed by atoms with Gasteiger partial charge < -0.3 is 14.8 Å². The number of methoxy groups -OCH3 is 1. The smallest absolute Gasteiger partial charge is 0.236 e. The molecule has 0 saturated heterocycles. The summed E-state index contributed by atoms with van der Waals surface area (Å²) in [5, 5.41) is 12.6. The van der Waals surface area contributed by atoms with Crippen LogP contribution in [0, 0.1) is 0 Å². The minimum Gasteiger partial charge on any atom is -0.493 e. The quantitative estimate of drug-likeness (QED) is 0.253. The van der Waals surface area contributed by atoms with Crippen LogP contribution in [0.15, 0.2) is 66.3 Å². The first-order valence-electron chi connectivity index (χ1n) is 10.2. The van der Waals surface area contributed by atoms with Crippen molar-refractivity contribution in [1.82, 2.24) is 19.7 Å². The summed E-state index contributed by atoms with van der Waals surface area (Å²) in [6.45, 7) is 6.21. The van der Waals surface area contributed by atoms with Gasteiger partial charge in [-0.15, -0.1) is 16.8 Å². The molecule has 0 aliphatic rings. The first kappa shape index (κ1) is 22.8. The number of ether oxygens (including phenoxy) is 2. The van der Waals surface area contributed by atoms with Gasteiger partial charge in [-0.1, -0.05) is 53.4 Å². The summed E-state index contributed by atoms with van der Waals surface area (Å²) >= 11 is 2.74. The molecule has 0 aliphatic heterocycles. The average Bonchev–Trinajstić information content (AvgIpc) is 3.41. The number of benzene rings is 2. The molecule has 1 atom stereocenters. The molecule has 2 heterocycles. The number of thioether (sulfide) groups is 1. The zero-order valence-corrected chi connectivity index (χ0v) is 19.9. The molecule has 33 heavy (non-hydrogen) atoms. The van der Waals surface area contributed by atoms with Gasteiger partial charge in [0, 0.05) is 6.54 Å². The molecule has 170 valence electrons. The first-order valence-corrected chi connectivity index (χ1v) is 12.0. The summed E-state index contributed by atoms with van der Waals surface area (Å²) in [6, 6.07) is 15.2. The fourth-order valence-corrected chi connectivity index (χ4v) is 4.82. The molecule has 8 nitrogen and oxygen atoms in total. The summed E-state index contributed by atoms with van der Waals surface area (Å²) in [4.78, 5) is 16.9. The van der Waals surface area contributed by atoms with Gasteiger partial charge in [0.05, 0.1) is 23.1 Å². The number of carbonyl (C=O) groups is 1. The molecule has 0 radical (unpaired) electrons. The lowest BCUT2D eigenvalue weighted by molar-refractivity contribution is -0.113. The molecule has 4 rings (SSSR count). The van der Waals surface area contributed by atoms with Gasteiger partial charge in [-0.2, -0.15) is 0 Å². The van der Waals surface area contributed by atoms with Crippen molar-refractivity contribution in [1.29, 1.82) is 0 Å². The van der Waals surface area contributed by atoms with Gasteiger partial charge >= 0.3 is 0 Å². The second kappa shape index (κ2) is 10.5. The average molecular weight is 482 g/mol. The van der Waals surface area contributed by atoms with E-state index in [1.54, 1.807) is 13.2 Å². The third-order valence-corrected chi connectivity index (χ3v) is 6.58.